The van der Waals surface area contributed by atoms with Gasteiger partial charge >= 0.3 is 18.1 Å². The first kappa shape index (κ1) is 14.0. The minimum absolute atomic E-state index is 0. The molecule has 1 heterocycles. The van der Waals surface area contributed by atoms with Gasteiger partial charge in [0, 0.05) is 0 Å². The summed E-state index contributed by atoms with van der Waals surface area (Å²) in [5.41, 5.74) is 0. The molecule has 0 aromatic rings. The maximum absolute atomic E-state index is 11.7. The van der Waals surface area contributed by atoms with Gasteiger partial charge in [0.15, 0.2) is 0 Å². The Kier molecular flexibility index (Phi) is 3.21. The topological polar surface area (TPSA) is 82.5 Å². The van der Waals surface area contributed by atoms with Crippen LogP contribution in [-0.4, -0.2) is 18.1 Å². The average Bonchev–Trinajstić information content (AvgIpc) is 2.05. The first-order valence-corrected chi connectivity index (χ1v) is 2.04. The molecule has 6 N–H and O–H groups in total. The number of epoxide rings is 1. The Balaban J connectivity index is 0. The molecule has 1 atom stereocenters. The highest BCUT2D eigenvalue weighted by atomic mass is 19.4. The highest BCUT2D eigenvalue weighted by Gasteiger charge is 2.90. The van der Waals surface area contributed by atoms with E-state index in [1.807, 2.05) is 0 Å². The number of alkyl halides is 6. The summed E-state index contributed by atoms with van der Waals surface area (Å²) in [6.07, 6.45) is -10.4. The molecular weight excluding hydrogens is 194 g/mol. The molecule has 3 nitrogen and oxygen atoms in total. The van der Waals surface area contributed by atoms with E-state index in [4.69, 9.17) is 0 Å². The molecule has 1 unspecified atom stereocenters. The van der Waals surface area contributed by atoms with E-state index in [0.29, 0.717) is 0 Å². The van der Waals surface area contributed by atoms with Crippen molar-refractivity contribution < 1.29 is 31.1 Å². The van der Waals surface area contributed by atoms with Crippen molar-refractivity contribution in [1.29, 1.82) is 0 Å². The number of hydrogen-bond acceptors (Lipinski definition) is 3. The molecule has 0 aliphatic carbocycles. The summed E-state index contributed by atoms with van der Waals surface area (Å²) >= 11 is 0. The highest BCUT2D eigenvalue weighted by molar-refractivity contribution is 4.99. The standard InChI is InChI=1S/C3F6O.2H3N/c4-1(2(5,6)7)3(8,9)10-1;;/h;2*1H3. The fourth-order valence-electron chi connectivity index (χ4n) is 0.374. The van der Waals surface area contributed by atoms with Crippen molar-refractivity contribution in [3.05, 3.63) is 0 Å². The van der Waals surface area contributed by atoms with Crippen LogP contribution in [0.1, 0.15) is 0 Å². The molecule has 0 spiro atoms. The van der Waals surface area contributed by atoms with E-state index in [2.05, 4.69) is 4.74 Å². The van der Waals surface area contributed by atoms with Gasteiger partial charge in [-0.15, -0.1) is 0 Å². The van der Waals surface area contributed by atoms with Gasteiger partial charge in [0.2, 0.25) is 0 Å². The quantitative estimate of drug-likeness (QED) is 0.464. The van der Waals surface area contributed by atoms with Crippen molar-refractivity contribution in [3.63, 3.8) is 0 Å². The molecule has 1 fully saturated rings. The van der Waals surface area contributed by atoms with Crippen molar-refractivity contribution in [3.8, 4) is 0 Å². The van der Waals surface area contributed by atoms with E-state index in [9.17, 15) is 26.3 Å². The van der Waals surface area contributed by atoms with Crippen LogP contribution in [0.3, 0.4) is 0 Å². The van der Waals surface area contributed by atoms with Crippen LogP contribution in [0, 0.1) is 0 Å². The molecule has 0 aromatic carbocycles. The van der Waals surface area contributed by atoms with Crippen molar-refractivity contribution in [2.45, 2.75) is 18.1 Å². The molecule has 1 rings (SSSR count). The number of halogens is 6. The molecule has 12 heavy (non-hydrogen) atoms. The third-order valence-corrected chi connectivity index (χ3v) is 0.966. The maximum atomic E-state index is 11.7. The van der Waals surface area contributed by atoms with Crippen LogP contribution < -0.4 is 12.3 Å². The monoisotopic (exact) mass is 200 g/mol. The zero-order valence-corrected chi connectivity index (χ0v) is 5.59. The molecule has 1 saturated heterocycles. The van der Waals surface area contributed by atoms with Gasteiger partial charge in [0.05, 0.1) is 0 Å². The molecule has 0 aromatic heterocycles. The summed E-state index contributed by atoms with van der Waals surface area (Å²) in [6, 6.07) is 0. The van der Waals surface area contributed by atoms with Gasteiger partial charge in [-0.3, -0.25) is 4.74 Å². The fraction of sp³-hybridized carbons (Fsp3) is 1.00. The van der Waals surface area contributed by atoms with Crippen LogP contribution >= 0.6 is 0 Å². The van der Waals surface area contributed by atoms with Gasteiger partial charge in [-0.05, 0) is 0 Å². The van der Waals surface area contributed by atoms with E-state index in [-0.39, 0.29) is 12.3 Å². The van der Waals surface area contributed by atoms with Crippen molar-refractivity contribution in [2.24, 2.45) is 0 Å². The lowest BCUT2D eigenvalue weighted by Crippen LogP contribution is -2.32. The van der Waals surface area contributed by atoms with E-state index in [0.717, 1.165) is 0 Å². The molecule has 0 amide bonds. The number of hydrogen-bond donors (Lipinski definition) is 2. The van der Waals surface area contributed by atoms with E-state index in [1.54, 1.807) is 0 Å². The summed E-state index contributed by atoms with van der Waals surface area (Å²) in [6.45, 7) is 0. The molecule has 0 bridgehead atoms. The van der Waals surface area contributed by atoms with Crippen LogP contribution in [-0.2, 0) is 4.74 Å². The number of ether oxygens (including phenoxy) is 1. The zero-order valence-electron chi connectivity index (χ0n) is 5.59. The Morgan fingerprint density at radius 2 is 1.17 bits per heavy atom. The van der Waals surface area contributed by atoms with Gasteiger partial charge in [-0.1, -0.05) is 0 Å². The largest absolute Gasteiger partial charge is 0.458 e. The Hall–Kier alpha value is -0.540. The molecule has 1 aliphatic heterocycles. The second-order valence-corrected chi connectivity index (χ2v) is 1.71. The van der Waals surface area contributed by atoms with Gasteiger partial charge in [0.1, 0.15) is 0 Å². The first-order chi connectivity index (χ1) is 4.21. The summed E-state index contributed by atoms with van der Waals surface area (Å²) in [5, 5.41) is 0. The molecule has 76 valence electrons. The second kappa shape index (κ2) is 2.75. The van der Waals surface area contributed by atoms with Crippen molar-refractivity contribution >= 4 is 0 Å². The summed E-state index contributed by atoms with van der Waals surface area (Å²) < 4.78 is 70.4. The molecule has 0 saturated carbocycles. The smallest absolute Gasteiger partial charge is 0.344 e. The lowest BCUT2D eigenvalue weighted by molar-refractivity contribution is -0.231. The predicted octanol–water partition coefficient (Wildman–Crippen LogP) is 2.16. The van der Waals surface area contributed by atoms with Gasteiger partial charge in [-0.25, -0.2) is 0 Å². The lowest BCUT2D eigenvalue weighted by Gasteiger charge is -2.04. The Morgan fingerprint density at radius 1 is 0.917 bits per heavy atom. The maximum Gasteiger partial charge on any atom is 0.458 e. The van der Waals surface area contributed by atoms with Crippen LogP contribution in [0.4, 0.5) is 26.3 Å². The Bertz CT molecular complexity index is 169. The van der Waals surface area contributed by atoms with Crippen LogP contribution in [0.2, 0.25) is 0 Å². The van der Waals surface area contributed by atoms with Crippen molar-refractivity contribution in [2.75, 3.05) is 0 Å². The summed E-state index contributed by atoms with van der Waals surface area (Å²) in [7, 11) is 0. The average molecular weight is 200 g/mol. The van der Waals surface area contributed by atoms with Gasteiger partial charge in [0.25, 0.3) is 0 Å². The SMILES string of the molecule is FC(F)(F)C1(F)OC1(F)F.N.N. The van der Waals surface area contributed by atoms with E-state index >= 15 is 0 Å². The number of rotatable bonds is 0. The predicted molar refractivity (Wildman–Crippen MR) is 26.0 cm³/mol. The summed E-state index contributed by atoms with van der Waals surface area (Å²) in [5.74, 6) is -4.75. The Morgan fingerprint density at radius 3 is 1.17 bits per heavy atom. The lowest BCUT2D eigenvalue weighted by atomic mass is 10.4. The van der Waals surface area contributed by atoms with Crippen LogP contribution in [0.5, 0.6) is 0 Å². The first-order valence-electron chi connectivity index (χ1n) is 2.04. The van der Waals surface area contributed by atoms with E-state index in [1.165, 1.54) is 0 Å². The third-order valence-electron chi connectivity index (χ3n) is 0.966. The van der Waals surface area contributed by atoms with Gasteiger partial charge in [-0.2, -0.15) is 26.3 Å². The zero-order chi connectivity index (χ0) is 8.21. The second-order valence-electron chi connectivity index (χ2n) is 1.71. The summed E-state index contributed by atoms with van der Waals surface area (Å²) in [4.78, 5) is 0. The third kappa shape index (κ3) is 1.47. The molecule has 9 heteroatoms. The highest BCUT2D eigenvalue weighted by Crippen LogP contribution is 2.60. The van der Waals surface area contributed by atoms with Gasteiger partial charge < -0.3 is 12.3 Å². The minimum Gasteiger partial charge on any atom is -0.344 e. The minimum atomic E-state index is -5.66. The molecular formula is C3H6F6N2O. The fourth-order valence-corrected chi connectivity index (χ4v) is 0.374. The van der Waals surface area contributed by atoms with Crippen LogP contribution in [0.25, 0.3) is 0 Å². The molecule has 0 radical (unpaired) electrons. The van der Waals surface area contributed by atoms with E-state index < -0.39 is 18.1 Å². The van der Waals surface area contributed by atoms with Crippen LogP contribution in [0.15, 0.2) is 0 Å². The molecule has 1 aliphatic rings. The Labute approximate surface area is 62.8 Å². The van der Waals surface area contributed by atoms with Crippen molar-refractivity contribution in [1.82, 2.24) is 12.3 Å². The normalized spacial score (nSPS) is 31.5.